The van der Waals surface area contributed by atoms with Crippen molar-refractivity contribution in [3.8, 4) is 0 Å². The number of rotatable bonds is 2. The second-order valence-corrected chi connectivity index (χ2v) is 4.45. The molecule has 1 aromatic carbocycles. The SMILES string of the molecule is CC(=O)N1CC[C@@H](Cc2cccc(F)c2)C1. The zero-order chi connectivity index (χ0) is 11.5. The van der Waals surface area contributed by atoms with Crippen LogP contribution in [0.3, 0.4) is 0 Å². The zero-order valence-corrected chi connectivity index (χ0v) is 9.45. The molecule has 86 valence electrons. The molecule has 0 unspecified atom stereocenters. The summed E-state index contributed by atoms with van der Waals surface area (Å²) in [5.41, 5.74) is 1.02. The largest absolute Gasteiger partial charge is 0.343 e. The summed E-state index contributed by atoms with van der Waals surface area (Å²) in [4.78, 5) is 13.0. The highest BCUT2D eigenvalue weighted by Gasteiger charge is 2.24. The summed E-state index contributed by atoms with van der Waals surface area (Å²) >= 11 is 0. The smallest absolute Gasteiger partial charge is 0.219 e. The van der Waals surface area contributed by atoms with E-state index >= 15 is 0 Å². The first-order chi connectivity index (χ1) is 7.65. The van der Waals surface area contributed by atoms with Crippen LogP contribution in [0.1, 0.15) is 18.9 Å². The van der Waals surface area contributed by atoms with E-state index in [0.29, 0.717) is 5.92 Å². The van der Waals surface area contributed by atoms with Gasteiger partial charge in [-0.05, 0) is 36.5 Å². The number of carbonyl (C=O) groups is 1. The summed E-state index contributed by atoms with van der Waals surface area (Å²) in [6, 6.07) is 6.72. The lowest BCUT2D eigenvalue weighted by Crippen LogP contribution is -2.26. The van der Waals surface area contributed by atoms with E-state index in [9.17, 15) is 9.18 Å². The van der Waals surface area contributed by atoms with E-state index in [-0.39, 0.29) is 11.7 Å². The van der Waals surface area contributed by atoms with Crippen molar-refractivity contribution in [2.75, 3.05) is 13.1 Å². The lowest BCUT2D eigenvalue weighted by molar-refractivity contribution is -0.127. The molecule has 0 bridgehead atoms. The Morgan fingerprint density at radius 3 is 3.00 bits per heavy atom. The average molecular weight is 221 g/mol. The molecule has 1 aliphatic heterocycles. The van der Waals surface area contributed by atoms with Gasteiger partial charge in [0, 0.05) is 20.0 Å². The second-order valence-electron chi connectivity index (χ2n) is 4.45. The number of halogens is 1. The summed E-state index contributed by atoms with van der Waals surface area (Å²) in [5, 5.41) is 0. The Labute approximate surface area is 95.1 Å². The normalized spacial score (nSPS) is 20.1. The first kappa shape index (κ1) is 11.1. The van der Waals surface area contributed by atoms with Crippen LogP contribution in [0.2, 0.25) is 0 Å². The molecule has 0 N–H and O–H groups in total. The van der Waals surface area contributed by atoms with Gasteiger partial charge in [-0.15, -0.1) is 0 Å². The Balaban J connectivity index is 1.94. The van der Waals surface area contributed by atoms with Crippen LogP contribution in [0.4, 0.5) is 4.39 Å². The highest BCUT2D eigenvalue weighted by molar-refractivity contribution is 5.73. The third kappa shape index (κ3) is 2.60. The highest BCUT2D eigenvalue weighted by Crippen LogP contribution is 2.21. The van der Waals surface area contributed by atoms with Gasteiger partial charge in [-0.2, -0.15) is 0 Å². The van der Waals surface area contributed by atoms with Crippen molar-refractivity contribution in [2.24, 2.45) is 5.92 Å². The third-order valence-electron chi connectivity index (χ3n) is 3.14. The third-order valence-corrected chi connectivity index (χ3v) is 3.14. The molecule has 1 atom stereocenters. The molecule has 0 aliphatic carbocycles. The molecule has 0 radical (unpaired) electrons. The molecule has 3 heteroatoms. The summed E-state index contributed by atoms with van der Waals surface area (Å²) in [6.07, 6.45) is 1.89. The predicted molar refractivity (Wildman–Crippen MR) is 60.5 cm³/mol. The maximum absolute atomic E-state index is 13.0. The van der Waals surface area contributed by atoms with E-state index in [0.717, 1.165) is 31.5 Å². The number of likely N-dealkylation sites (tertiary alicyclic amines) is 1. The summed E-state index contributed by atoms with van der Waals surface area (Å²) < 4.78 is 13.0. The zero-order valence-electron chi connectivity index (χ0n) is 9.45. The molecule has 16 heavy (non-hydrogen) atoms. The van der Waals surface area contributed by atoms with Gasteiger partial charge < -0.3 is 4.90 Å². The Morgan fingerprint density at radius 1 is 1.56 bits per heavy atom. The van der Waals surface area contributed by atoms with Crippen LogP contribution in [0.15, 0.2) is 24.3 Å². The molecule has 1 aliphatic rings. The quantitative estimate of drug-likeness (QED) is 0.750. The van der Waals surface area contributed by atoms with Crippen molar-refractivity contribution in [3.63, 3.8) is 0 Å². The minimum absolute atomic E-state index is 0.141. The number of hydrogen-bond donors (Lipinski definition) is 0. The van der Waals surface area contributed by atoms with Gasteiger partial charge in [-0.25, -0.2) is 4.39 Å². The maximum Gasteiger partial charge on any atom is 0.219 e. The topological polar surface area (TPSA) is 20.3 Å². The standard InChI is InChI=1S/C13H16FNO/c1-10(16)15-6-5-12(9-15)7-11-3-2-4-13(14)8-11/h2-4,8,12H,5-7,9H2,1H3/t12-/m0/s1. The van der Waals surface area contributed by atoms with Crippen LogP contribution in [0, 0.1) is 11.7 Å². The Morgan fingerprint density at radius 2 is 2.38 bits per heavy atom. The Bertz CT molecular complexity index is 391. The molecular weight excluding hydrogens is 205 g/mol. The van der Waals surface area contributed by atoms with E-state index in [2.05, 4.69) is 0 Å². The minimum Gasteiger partial charge on any atom is -0.343 e. The predicted octanol–water partition coefficient (Wildman–Crippen LogP) is 2.24. The maximum atomic E-state index is 13.0. The number of carbonyl (C=O) groups excluding carboxylic acids is 1. The molecule has 0 spiro atoms. The number of amides is 1. The summed E-state index contributed by atoms with van der Waals surface area (Å²) in [5.74, 6) is 0.436. The Hall–Kier alpha value is -1.38. The number of benzene rings is 1. The molecule has 1 heterocycles. The monoisotopic (exact) mass is 221 g/mol. The van der Waals surface area contributed by atoms with E-state index in [4.69, 9.17) is 0 Å². The van der Waals surface area contributed by atoms with Gasteiger partial charge in [0.25, 0.3) is 0 Å². The van der Waals surface area contributed by atoms with Gasteiger partial charge in [-0.1, -0.05) is 12.1 Å². The first-order valence-electron chi connectivity index (χ1n) is 5.65. The van der Waals surface area contributed by atoms with Crippen LogP contribution in [-0.2, 0) is 11.2 Å². The van der Waals surface area contributed by atoms with Crippen molar-refractivity contribution >= 4 is 5.91 Å². The van der Waals surface area contributed by atoms with Crippen molar-refractivity contribution < 1.29 is 9.18 Å². The molecule has 2 nitrogen and oxygen atoms in total. The number of hydrogen-bond acceptors (Lipinski definition) is 1. The van der Waals surface area contributed by atoms with Gasteiger partial charge in [-0.3, -0.25) is 4.79 Å². The van der Waals surface area contributed by atoms with E-state index < -0.39 is 0 Å². The van der Waals surface area contributed by atoms with Crippen LogP contribution < -0.4 is 0 Å². The average Bonchev–Trinajstić information content (AvgIpc) is 2.66. The second kappa shape index (κ2) is 4.64. The van der Waals surface area contributed by atoms with E-state index in [1.807, 2.05) is 11.0 Å². The molecule has 1 saturated heterocycles. The minimum atomic E-state index is -0.182. The first-order valence-corrected chi connectivity index (χ1v) is 5.65. The van der Waals surface area contributed by atoms with Crippen molar-refractivity contribution in [3.05, 3.63) is 35.6 Å². The van der Waals surface area contributed by atoms with Gasteiger partial charge in [0.15, 0.2) is 0 Å². The van der Waals surface area contributed by atoms with Crippen LogP contribution in [-0.4, -0.2) is 23.9 Å². The fraction of sp³-hybridized carbons (Fsp3) is 0.462. The lowest BCUT2D eigenvalue weighted by atomic mass is 9.99. The Kier molecular flexibility index (Phi) is 3.22. The van der Waals surface area contributed by atoms with Crippen molar-refractivity contribution in [1.82, 2.24) is 4.90 Å². The summed E-state index contributed by atoms with van der Waals surface area (Å²) in [6.45, 7) is 3.26. The van der Waals surface area contributed by atoms with Crippen molar-refractivity contribution in [1.29, 1.82) is 0 Å². The van der Waals surface area contributed by atoms with Crippen LogP contribution >= 0.6 is 0 Å². The van der Waals surface area contributed by atoms with Gasteiger partial charge in [0.1, 0.15) is 5.82 Å². The fourth-order valence-corrected chi connectivity index (χ4v) is 2.28. The molecule has 1 aromatic rings. The molecule has 0 aromatic heterocycles. The number of nitrogens with zero attached hydrogens (tertiary/aromatic N) is 1. The summed E-state index contributed by atoms with van der Waals surface area (Å²) in [7, 11) is 0. The van der Waals surface area contributed by atoms with E-state index in [1.54, 1.807) is 19.1 Å². The van der Waals surface area contributed by atoms with Gasteiger partial charge in [0.05, 0.1) is 0 Å². The molecular formula is C13H16FNO. The van der Waals surface area contributed by atoms with Crippen LogP contribution in [0.25, 0.3) is 0 Å². The highest BCUT2D eigenvalue weighted by atomic mass is 19.1. The molecule has 1 amide bonds. The lowest BCUT2D eigenvalue weighted by Gasteiger charge is -2.13. The molecule has 2 rings (SSSR count). The van der Waals surface area contributed by atoms with Gasteiger partial charge >= 0.3 is 0 Å². The van der Waals surface area contributed by atoms with Crippen LogP contribution in [0.5, 0.6) is 0 Å². The van der Waals surface area contributed by atoms with Crippen molar-refractivity contribution in [2.45, 2.75) is 19.8 Å². The molecule has 1 fully saturated rings. The fourth-order valence-electron chi connectivity index (χ4n) is 2.28. The molecule has 0 saturated carbocycles. The van der Waals surface area contributed by atoms with Gasteiger partial charge in [0.2, 0.25) is 5.91 Å². The van der Waals surface area contributed by atoms with E-state index in [1.165, 1.54) is 6.07 Å².